The summed E-state index contributed by atoms with van der Waals surface area (Å²) in [6.45, 7) is -2.57. The van der Waals surface area contributed by atoms with Crippen molar-refractivity contribution in [2.45, 2.75) is 19.0 Å². The fourth-order valence-corrected chi connectivity index (χ4v) is 1.69. The third-order valence-corrected chi connectivity index (χ3v) is 2.59. The molecule has 0 bridgehead atoms. The van der Waals surface area contributed by atoms with Crippen LogP contribution in [0.5, 0.6) is 0 Å². The van der Waals surface area contributed by atoms with Crippen LogP contribution < -0.4 is 5.73 Å². The van der Waals surface area contributed by atoms with Crippen LogP contribution in [-0.4, -0.2) is 9.55 Å². The minimum Gasteiger partial charge on any atom is -0.324 e. The van der Waals surface area contributed by atoms with E-state index < -0.39 is 6.55 Å². The second kappa shape index (κ2) is 5.05. The minimum atomic E-state index is -2.57. The zero-order valence-corrected chi connectivity index (χ0v) is 9.13. The predicted octanol–water partition coefficient (Wildman–Crippen LogP) is 2.52. The van der Waals surface area contributed by atoms with Gasteiger partial charge in [-0.2, -0.15) is 8.78 Å². The maximum atomic E-state index is 12.6. The molecule has 0 saturated heterocycles. The molecule has 5 heteroatoms. The topological polar surface area (TPSA) is 43.8 Å². The average Bonchev–Trinajstić information content (AvgIpc) is 2.78. The van der Waals surface area contributed by atoms with E-state index in [1.54, 1.807) is 0 Å². The van der Waals surface area contributed by atoms with E-state index in [0.29, 0.717) is 12.2 Å². The van der Waals surface area contributed by atoms with Crippen molar-refractivity contribution in [2.24, 2.45) is 5.73 Å². The number of aromatic nitrogens is 2. The van der Waals surface area contributed by atoms with Gasteiger partial charge in [-0.25, -0.2) is 4.98 Å². The number of benzene rings is 1. The molecule has 0 fully saturated rings. The van der Waals surface area contributed by atoms with Gasteiger partial charge in [0.1, 0.15) is 5.82 Å². The van der Waals surface area contributed by atoms with Crippen LogP contribution in [0.1, 0.15) is 24.0 Å². The van der Waals surface area contributed by atoms with E-state index >= 15 is 0 Å². The second-order valence-corrected chi connectivity index (χ2v) is 3.75. The summed E-state index contributed by atoms with van der Waals surface area (Å²) in [7, 11) is 0. The molecule has 2 rings (SSSR count). The van der Waals surface area contributed by atoms with Gasteiger partial charge in [-0.3, -0.25) is 4.57 Å². The highest BCUT2D eigenvalue weighted by Gasteiger charge is 2.15. The normalized spacial score (nSPS) is 12.9. The number of imidazole rings is 1. The van der Waals surface area contributed by atoms with Crippen molar-refractivity contribution >= 4 is 0 Å². The molecular formula is C12H13F2N3. The lowest BCUT2D eigenvalue weighted by Gasteiger charge is -2.12. The first-order valence-electron chi connectivity index (χ1n) is 5.29. The highest BCUT2D eigenvalue weighted by atomic mass is 19.3. The minimum absolute atomic E-state index is 0.293. The van der Waals surface area contributed by atoms with Crippen molar-refractivity contribution in [2.75, 3.05) is 0 Å². The van der Waals surface area contributed by atoms with Crippen molar-refractivity contribution < 1.29 is 8.78 Å². The lowest BCUT2D eigenvalue weighted by Crippen LogP contribution is -2.16. The Kier molecular flexibility index (Phi) is 3.49. The zero-order valence-electron chi connectivity index (χ0n) is 9.13. The van der Waals surface area contributed by atoms with E-state index in [1.165, 1.54) is 12.4 Å². The summed E-state index contributed by atoms with van der Waals surface area (Å²) in [4.78, 5) is 3.91. The maximum Gasteiger partial charge on any atom is 0.319 e. The Morgan fingerprint density at radius 1 is 1.24 bits per heavy atom. The van der Waals surface area contributed by atoms with E-state index in [9.17, 15) is 8.78 Å². The summed E-state index contributed by atoms with van der Waals surface area (Å²) < 4.78 is 26.0. The third-order valence-electron chi connectivity index (χ3n) is 2.59. The van der Waals surface area contributed by atoms with Gasteiger partial charge < -0.3 is 5.73 Å². The molecule has 1 heterocycles. The number of hydrogen-bond acceptors (Lipinski definition) is 2. The van der Waals surface area contributed by atoms with E-state index in [-0.39, 0.29) is 6.04 Å². The molecule has 0 amide bonds. The number of nitrogens with zero attached hydrogens (tertiary/aromatic N) is 2. The van der Waals surface area contributed by atoms with Gasteiger partial charge in [-0.05, 0) is 5.56 Å². The van der Waals surface area contributed by atoms with Crippen LogP contribution in [0.2, 0.25) is 0 Å². The summed E-state index contributed by atoms with van der Waals surface area (Å²) >= 11 is 0. The van der Waals surface area contributed by atoms with Crippen LogP contribution in [0.3, 0.4) is 0 Å². The van der Waals surface area contributed by atoms with Crippen LogP contribution in [0.25, 0.3) is 0 Å². The van der Waals surface area contributed by atoms with Crippen LogP contribution in [-0.2, 0) is 6.42 Å². The molecule has 0 aliphatic heterocycles. The first kappa shape index (κ1) is 11.7. The number of alkyl halides is 2. The maximum absolute atomic E-state index is 12.6. The Bertz CT molecular complexity index is 468. The van der Waals surface area contributed by atoms with E-state index in [2.05, 4.69) is 4.98 Å². The molecule has 0 aliphatic rings. The molecule has 3 nitrogen and oxygen atoms in total. The fourth-order valence-electron chi connectivity index (χ4n) is 1.69. The van der Waals surface area contributed by atoms with E-state index in [1.807, 2.05) is 30.3 Å². The Balaban J connectivity index is 2.13. The summed E-state index contributed by atoms with van der Waals surface area (Å²) in [5.74, 6) is 0.302. The quantitative estimate of drug-likeness (QED) is 0.888. The predicted molar refractivity (Wildman–Crippen MR) is 60.6 cm³/mol. The van der Waals surface area contributed by atoms with Crippen molar-refractivity contribution in [3.63, 3.8) is 0 Å². The smallest absolute Gasteiger partial charge is 0.319 e. The number of halogens is 2. The average molecular weight is 237 g/mol. The third kappa shape index (κ3) is 2.68. The van der Waals surface area contributed by atoms with Gasteiger partial charge in [-0.15, -0.1) is 0 Å². The molecule has 0 unspecified atom stereocenters. The molecule has 1 atom stereocenters. The second-order valence-electron chi connectivity index (χ2n) is 3.75. The molecule has 0 aliphatic carbocycles. The first-order valence-corrected chi connectivity index (χ1v) is 5.29. The summed E-state index contributed by atoms with van der Waals surface area (Å²) in [6, 6.07) is 9.05. The Hall–Kier alpha value is -1.75. The Morgan fingerprint density at radius 3 is 2.59 bits per heavy atom. The number of nitrogens with two attached hydrogens (primary N) is 1. The van der Waals surface area contributed by atoms with Crippen molar-refractivity contribution in [3.05, 3.63) is 54.1 Å². The first-order chi connectivity index (χ1) is 8.18. The number of hydrogen-bond donors (Lipinski definition) is 1. The molecule has 17 heavy (non-hydrogen) atoms. The molecule has 1 aromatic heterocycles. The van der Waals surface area contributed by atoms with E-state index in [4.69, 9.17) is 5.73 Å². The molecule has 2 N–H and O–H groups in total. The largest absolute Gasteiger partial charge is 0.324 e. The zero-order chi connectivity index (χ0) is 12.3. The molecular weight excluding hydrogens is 224 g/mol. The van der Waals surface area contributed by atoms with Gasteiger partial charge in [0.15, 0.2) is 0 Å². The Morgan fingerprint density at radius 2 is 1.94 bits per heavy atom. The molecule has 0 radical (unpaired) electrons. The Labute approximate surface area is 97.9 Å². The van der Waals surface area contributed by atoms with Gasteiger partial charge in [0.25, 0.3) is 0 Å². The fraction of sp³-hybridized carbons (Fsp3) is 0.250. The van der Waals surface area contributed by atoms with Crippen molar-refractivity contribution in [1.82, 2.24) is 9.55 Å². The van der Waals surface area contributed by atoms with Crippen LogP contribution in [0, 0.1) is 0 Å². The highest BCUT2D eigenvalue weighted by molar-refractivity contribution is 5.19. The standard InChI is InChI=1S/C12H13F2N3/c13-12(14)17-7-6-16-11(17)8-10(15)9-4-2-1-3-5-9/h1-7,10,12H,8,15H2/t10-/m1/s1. The number of rotatable bonds is 4. The van der Waals surface area contributed by atoms with Crippen LogP contribution in [0.4, 0.5) is 8.78 Å². The van der Waals surface area contributed by atoms with Crippen LogP contribution >= 0.6 is 0 Å². The summed E-state index contributed by atoms with van der Waals surface area (Å²) in [5, 5.41) is 0. The highest BCUT2D eigenvalue weighted by Crippen LogP contribution is 2.18. The lowest BCUT2D eigenvalue weighted by atomic mass is 10.0. The van der Waals surface area contributed by atoms with Gasteiger partial charge >= 0.3 is 6.55 Å². The molecule has 90 valence electrons. The van der Waals surface area contributed by atoms with Crippen LogP contribution in [0.15, 0.2) is 42.7 Å². The molecule has 0 spiro atoms. The summed E-state index contributed by atoms with van der Waals surface area (Å²) in [5.41, 5.74) is 6.87. The van der Waals surface area contributed by atoms with Crippen molar-refractivity contribution in [1.29, 1.82) is 0 Å². The SMILES string of the molecule is N[C@H](Cc1nccn1C(F)F)c1ccccc1. The monoisotopic (exact) mass is 237 g/mol. The van der Waals surface area contributed by atoms with Gasteiger partial charge in [-0.1, -0.05) is 30.3 Å². The van der Waals surface area contributed by atoms with Gasteiger partial charge in [0.05, 0.1) is 0 Å². The molecule has 1 aromatic carbocycles. The van der Waals surface area contributed by atoms with Gasteiger partial charge in [0, 0.05) is 24.9 Å². The molecule has 0 saturated carbocycles. The summed E-state index contributed by atoms with van der Waals surface area (Å²) in [6.07, 6.45) is 2.91. The van der Waals surface area contributed by atoms with E-state index in [0.717, 1.165) is 10.1 Å². The molecule has 2 aromatic rings. The van der Waals surface area contributed by atoms with Crippen molar-refractivity contribution in [3.8, 4) is 0 Å². The lowest BCUT2D eigenvalue weighted by molar-refractivity contribution is 0.0667. The van der Waals surface area contributed by atoms with Gasteiger partial charge in [0.2, 0.25) is 0 Å².